The number of pyridine rings is 1. The maximum absolute atomic E-state index is 13.9. The molecule has 34 heavy (non-hydrogen) atoms. The zero-order valence-electron chi connectivity index (χ0n) is 19.3. The van der Waals surface area contributed by atoms with Gasteiger partial charge in [0.15, 0.2) is 6.23 Å². The predicted molar refractivity (Wildman–Crippen MR) is 128 cm³/mol. The molecular formula is C25H31N5O4. The van der Waals surface area contributed by atoms with E-state index in [-0.39, 0.29) is 17.7 Å². The van der Waals surface area contributed by atoms with Gasteiger partial charge in [-0.15, -0.1) is 0 Å². The van der Waals surface area contributed by atoms with Gasteiger partial charge in [-0.25, -0.2) is 9.78 Å². The lowest BCUT2D eigenvalue weighted by atomic mass is 9.83. The molecule has 3 atom stereocenters. The Kier molecular flexibility index (Phi) is 7.42. The highest BCUT2D eigenvalue weighted by molar-refractivity contribution is 6.01. The Balaban J connectivity index is 1.58. The molecule has 4 rings (SSSR count). The summed E-state index contributed by atoms with van der Waals surface area (Å²) in [7, 11) is 0. The number of hydrogen-bond acceptors (Lipinski definition) is 6. The molecule has 2 heterocycles. The summed E-state index contributed by atoms with van der Waals surface area (Å²) >= 11 is 0. The number of rotatable bonds is 6. The van der Waals surface area contributed by atoms with Crippen LogP contribution in [0.5, 0.6) is 0 Å². The molecule has 0 unspecified atom stereocenters. The maximum atomic E-state index is 13.9. The molecule has 1 fully saturated rings. The van der Waals surface area contributed by atoms with E-state index in [1.807, 2.05) is 12.1 Å². The molecule has 9 heteroatoms. The third-order valence-corrected chi connectivity index (χ3v) is 6.38. The van der Waals surface area contributed by atoms with Gasteiger partial charge in [-0.3, -0.25) is 19.8 Å². The van der Waals surface area contributed by atoms with Crippen molar-refractivity contribution < 1.29 is 19.1 Å². The summed E-state index contributed by atoms with van der Waals surface area (Å²) < 4.78 is 5.70. The Bertz CT molecular complexity index is 1020. The van der Waals surface area contributed by atoms with E-state index < -0.39 is 24.4 Å². The first-order valence-electron chi connectivity index (χ1n) is 11.8. The second kappa shape index (κ2) is 10.6. The molecule has 9 nitrogen and oxygen atoms in total. The molecule has 180 valence electrons. The first-order valence-corrected chi connectivity index (χ1v) is 11.8. The lowest BCUT2D eigenvalue weighted by Crippen LogP contribution is -2.57. The molecule has 1 aliphatic heterocycles. The van der Waals surface area contributed by atoms with Crippen molar-refractivity contribution in [1.29, 1.82) is 0 Å². The highest BCUT2D eigenvalue weighted by atomic mass is 16.6. The van der Waals surface area contributed by atoms with Crippen LogP contribution in [-0.2, 0) is 20.7 Å². The predicted octanol–water partition coefficient (Wildman–Crippen LogP) is 2.96. The first-order chi connectivity index (χ1) is 16.4. The third kappa shape index (κ3) is 5.36. The molecule has 4 N–H and O–H groups in total. The maximum Gasteiger partial charge on any atom is 0.413 e. The minimum Gasteiger partial charge on any atom is -0.424 e. The Morgan fingerprint density at radius 2 is 1.82 bits per heavy atom. The van der Waals surface area contributed by atoms with Crippen molar-refractivity contribution in [3.63, 3.8) is 0 Å². The number of hydrogen-bond donors (Lipinski definition) is 3. The molecular weight excluding hydrogens is 434 g/mol. The van der Waals surface area contributed by atoms with Gasteiger partial charge in [0.25, 0.3) is 5.91 Å². The van der Waals surface area contributed by atoms with Gasteiger partial charge in [0.05, 0.1) is 6.04 Å². The molecule has 0 saturated heterocycles. The lowest BCUT2D eigenvalue weighted by molar-refractivity contribution is -0.130. The third-order valence-electron chi connectivity index (χ3n) is 6.38. The van der Waals surface area contributed by atoms with E-state index in [1.165, 1.54) is 4.90 Å². The molecule has 0 radical (unpaired) electrons. The van der Waals surface area contributed by atoms with E-state index in [0.29, 0.717) is 17.9 Å². The summed E-state index contributed by atoms with van der Waals surface area (Å²) in [6, 6.07) is 11.1. The smallest absolute Gasteiger partial charge is 0.413 e. The Hall–Kier alpha value is -3.46. The fourth-order valence-corrected chi connectivity index (χ4v) is 4.64. The standard InChI is InChI=1S/C25H31N5O4/c1-16(26)23(31)29-21(17-9-4-2-5-10-17)24(32)30-20(15-18-11-8-14-27-22(18)30)34-25(33)28-19-12-6-3-7-13-19/h3,6-8,11-14,16-17,20-21H,2,4-5,9-10,15,26H2,1H3,(H,28,33)(H,29,31)/t16-,20-,21-/m0/s1. The van der Waals surface area contributed by atoms with Crippen LogP contribution >= 0.6 is 0 Å². The number of nitrogens with two attached hydrogens (primary N) is 1. The van der Waals surface area contributed by atoms with Crippen molar-refractivity contribution in [3.05, 3.63) is 54.2 Å². The number of carbonyl (C=O) groups excluding carboxylic acids is 3. The zero-order valence-corrected chi connectivity index (χ0v) is 19.3. The van der Waals surface area contributed by atoms with E-state index in [4.69, 9.17) is 10.5 Å². The van der Waals surface area contributed by atoms with Crippen LogP contribution in [0.1, 0.15) is 44.6 Å². The number of nitrogens with one attached hydrogen (secondary N) is 2. The van der Waals surface area contributed by atoms with Gasteiger partial charge in [-0.1, -0.05) is 43.5 Å². The molecule has 2 aromatic rings. The Labute approximate surface area is 199 Å². The average Bonchev–Trinajstić information content (AvgIpc) is 3.20. The number of amides is 3. The molecule has 3 amide bonds. The normalized spacial score (nSPS) is 19.6. The number of para-hydroxylation sites is 1. The van der Waals surface area contributed by atoms with Crippen molar-refractivity contribution in [1.82, 2.24) is 10.3 Å². The number of fused-ring (bicyclic) bond motifs is 1. The summed E-state index contributed by atoms with van der Waals surface area (Å²) in [6.07, 6.45) is 5.13. The molecule has 1 saturated carbocycles. The van der Waals surface area contributed by atoms with Crippen LogP contribution in [-0.4, -0.2) is 41.2 Å². The molecule has 0 bridgehead atoms. The van der Waals surface area contributed by atoms with Crippen molar-refractivity contribution in [3.8, 4) is 0 Å². The largest absolute Gasteiger partial charge is 0.424 e. The van der Waals surface area contributed by atoms with Crippen LogP contribution < -0.4 is 21.3 Å². The van der Waals surface area contributed by atoms with Crippen LogP contribution in [0.4, 0.5) is 16.3 Å². The van der Waals surface area contributed by atoms with Gasteiger partial charge in [0, 0.05) is 23.9 Å². The Morgan fingerprint density at radius 3 is 2.53 bits per heavy atom. The summed E-state index contributed by atoms with van der Waals surface area (Å²) in [5, 5.41) is 5.56. The summed E-state index contributed by atoms with van der Waals surface area (Å²) in [5.41, 5.74) is 7.17. The minimum atomic E-state index is -0.876. The molecule has 1 aliphatic carbocycles. The van der Waals surface area contributed by atoms with Gasteiger partial charge in [0.2, 0.25) is 5.91 Å². The van der Waals surface area contributed by atoms with Crippen molar-refractivity contribution in [2.45, 2.75) is 63.8 Å². The van der Waals surface area contributed by atoms with Crippen LogP contribution in [0.2, 0.25) is 0 Å². The van der Waals surface area contributed by atoms with E-state index in [9.17, 15) is 14.4 Å². The van der Waals surface area contributed by atoms with Crippen LogP contribution in [0.3, 0.4) is 0 Å². The quantitative estimate of drug-likeness (QED) is 0.602. The van der Waals surface area contributed by atoms with E-state index in [0.717, 1.165) is 37.7 Å². The summed E-state index contributed by atoms with van der Waals surface area (Å²) in [5.74, 6) is -0.295. The van der Waals surface area contributed by atoms with Gasteiger partial charge < -0.3 is 15.8 Å². The van der Waals surface area contributed by atoms with Gasteiger partial charge in [-0.05, 0) is 43.9 Å². The monoisotopic (exact) mass is 465 g/mol. The molecule has 1 aromatic carbocycles. The van der Waals surface area contributed by atoms with Crippen LogP contribution in [0.15, 0.2) is 48.7 Å². The zero-order chi connectivity index (χ0) is 24.1. The first kappa shape index (κ1) is 23.7. The van der Waals surface area contributed by atoms with Crippen molar-refractivity contribution in [2.75, 3.05) is 10.2 Å². The fourth-order valence-electron chi connectivity index (χ4n) is 4.64. The number of anilines is 2. The van der Waals surface area contributed by atoms with E-state index in [2.05, 4.69) is 15.6 Å². The summed E-state index contributed by atoms with van der Waals surface area (Å²) in [4.78, 5) is 44.9. The summed E-state index contributed by atoms with van der Waals surface area (Å²) in [6.45, 7) is 1.59. The van der Waals surface area contributed by atoms with Gasteiger partial charge in [-0.2, -0.15) is 0 Å². The number of nitrogens with zero attached hydrogens (tertiary/aromatic N) is 2. The van der Waals surface area contributed by atoms with Crippen molar-refractivity contribution >= 4 is 29.4 Å². The van der Waals surface area contributed by atoms with E-state index in [1.54, 1.807) is 43.5 Å². The average molecular weight is 466 g/mol. The second-order valence-electron chi connectivity index (χ2n) is 8.92. The number of ether oxygens (including phenoxy) is 1. The molecule has 2 aliphatic rings. The molecule has 1 aromatic heterocycles. The molecule has 0 spiro atoms. The number of benzene rings is 1. The highest BCUT2D eigenvalue weighted by Gasteiger charge is 2.43. The van der Waals surface area contributed by atoms with Crippen molar-refractivity contribution in [2.24, 2.45) is 11.7 Å². The highest BCUT2D eigenvalue weighted by Crippen LogP contribution is 2.34. The minimum absolute atomic E-state index is 0.0180. The van der Waals surface area contributed by atoms with Crippen LogP contribution in [0, 0.1) is 5.92 Å². The van der Waals surface area contributed by atoms with E-state index >= 15 is 0 Å². The second-order valence-corrected chi connectivity index (χ2v) is 8.92. The number of aromatic nitrogens is 1. The topological polar surface area (TPSA) is 127 Å². The Morgan fingerprint density at radius 1 is 1.09 bits per heavy atom. The van der Waals surface area contributed by atoms with Gasteiger partial charge >= 0.3 is 6.09 Å². The lowest BCUT2D eigenvalue weighted by Gasteiger charge is -2.34. The van der Waals surface area contributed by atoms with Gasteiger partial charge in [0.1, 0.15) is 11.9 Å². The SMILES string of the molecule is C[C@H](N)C(=O)N[C@H](C(=O)N1c2ncccc2C[C@@H]1OC(=O)Nc1ccccc1)C1CCCCC1. The fraction of sp³-hybridized carbons (Fsp3) is 0.440. The van der Waals surface area contributed by atoms with Crippen LogP contribution in [0.25, 0.3) is 0 Å². The number of carbonyl (C=O) groups is 3.